The second-order valence-electron chi connectivity index (χ2n) is 7.30. The number of thiazole rings is 1. The van der Waals surface area contributed by atoms with Crippen molar-refractivity contribution in [3.63, 3.8) is 0 Å². The molecule has 32 heavy (non-hydrogen) atoms. The largest absolute Gasteiger partial charge is 0.468 e. The molecule has 1 aromatic heterocycles. The highest BCUT2D eigenvalue weighted by atomic mass is 35.5. The fraction of sp³-hybridized carbons (Fsp3) is 0.227. The van der Waals surface area contributed by atoms with Gasteiger partial charge in [0.05, 0.1) is 17.7 Å². The lowest BCUT2D eigenvalue weighted by Gasteiger charge is -2.32. The molecular weight excluding hydrogens is 456 g/mol. The summed E-state index contributed by atoms with van der Waals surface area (Å²) in [6.45, 7) is -0.168. The van der Waals surface area contributed by atoms with Gasteiger partial charge in [-0.05, 0) is 35.9 Å². The van der Waals surface area contributed by atoms with Gasteiger partial charge in [-0.1, -0.05) is 35.1 Å². The third-order valence-electron chi connectivity index (χ3n) is 5.43. The van der Waals surface area contributed by atoms with Crippen LogP contribution in [0.5, 0.6) is 11.5 Å². The Morgan fingerprint density at radius 2 is 2.00 bits per heavy atom. The SMILES string of the molecule is COC(=O)Cn1c2c(sc1=O)[C@@H](c1ccc3c(c1)OCO3)CC(=O)N2c1cccc(Cl)c1. The number of ether oxygens (including phenoxy) is 3. The van der Waals surface area contributed by atoms with E-state index in [2.05, 4.69) is 0 Å². The highest BCUT2D eigenvalue weighted by molar-refractivity contribution is 7.10. The van der Waals surface area contributed by atoms with Crippen molar-refractivity contribution >= 4 is 46.3 Å². The number of benzene rings is 2. The summed E-state index contributed by atoms with van der Waals surface area (Å²) in [5, 5.41) is 0.451. The highest BCUT2D eigenvalue weighted by Crippen LogP contribution is 2.46. The number of halogens is 1. The molecule has 0 spiro atoms. The molecule has 5 rings (SSSR count). The zero-order valence-electron chi connectivity index (χ0n) is 16.9. The first-order valence-electron chi connectivity index (χ1n) is 9.74. The Morgan fingerprint density at radius 3 is 2.78 bits per heavy atom. The molecule has 0 bridgehead atoms. The average molecular weight is 473 g/mol. The molecule has 0 saturated heterocycles. The van der Waals surface area contributed by atoms with E-state index < -0.39 is 5.97 Å². The van der Waals surface area contributed by atoms with Gasteiger partial charge in [-0.25, -0.2) is 0 Å². The zero-order valence-corrected chi connectivity index (χ0v) is 18.4. The first-order valence-corrected chi connectivity index (χ1v) is 10.9. The molecule has 0 unspecified atom stereocenters. The summed E-state index contributed by atoms with van der Waals surface area (Å²) in [5.74, 6) is 0.393. The summed E-state index contributed by atoms with van der Waals surface area (Å²) in [4.78, 5) is 40.2. The minimum atomic E-state index is -0.587. The molecule has 1 atom stereocenters. The Balaban J connectivity index is 1.69. The van der Waals surface area contributed by atoms with Crippen LogP contribution in [0, 0.1) is 0 Å². The maximum absolute atomic E-state index is 13.4. The molecule has 0 saturated carbocycles. The zero-order chi connectivity index (χ0) is 22.4. The number of anilines is 2. The summed E-state index contributed by atoms with van der Waals surface area (Å²) in [7, 11) is 1.25. The fourth-order valence-electron chi connectivity index (χ4n) is 3.96. The van der Waals surface area contributed by atoms with Crippen LogP contribution in [0.3, 0.4) is 0 Å². The Hall–Kier alpha value is -3.30. The van der Waals surface area contributed by atoms with Crippen LogP contribution in [0.15, 0.2) is 47.3 Å². The highest BCUT2D eigenvalue weighted by Gasteiger charge is 2.39. The fourth-order valence-corrected chi connectivity index (χ4v) is 5.25. The lowest BCUT2D eigenvalue weighted by molar-refractivity contribution is -0.141. The number of carbonyl (C=O) groups is 2. The van der Waals surface area contributed by atoms with Crippen molar-refractivity contribution < 1.29 is 23.8 Å². The van der Waals surface area contributed by atoms with Crippen molar-refractivity contribution in [2.45, 2.75) is 18.9 Å². The van der Waals surface area contributed by atoms with Gasteiger partial charge in [0.1, 0.15) is 12.4 Å². The molecule has 164 valence electrons. The number of amides is 1. The van der Waals surface area contributed by atoms with Crippen LogP contribution >= 0.6 is 22.9 Å². The van der Waals surface area contributed by atoms with Gasteiger partial charge in [0.15, 0.2) is 11.5 Å². The molecule has 10 heteroatoms. The van der Waals surface area contributed by atoms with E-state index in [-0.39, 0.29) is 36.5 Å². The Kier molecular flexibility index (Phi) is 5.15. The number of hydrogen-bond donors (Lipinski definition) is 0. The molecule has 0 aliphatic carbocycles. The Labute approximate surface area is 191 Å². The van der Waals surface area contributed by atoms with E-state index in [1.165, 1.54) is 16.6 Å². The molecular formula is C22H17ClN2O6S. The second-order valence-corrected chi connectivity index (χ2v) is 8.73. The first-order chi connectivity index (χ1) is 15.5. The van der Waals surface area contributed by atoms with Crippen LogP contribution in [0.1, 0.15) is 22.8 Å². The lowest BCUT2D eigenvalue weighted by Crippen LogP contribution is -2.36. The van der Waals surface area contributed by atoms with Gasteiger partial charge in [-0.15, -0.1) is 0 Å². The predicted octanol–water partition coefficient (Wildman–Crippen LogP) is 3.67. The van der Waals surface area contributed by atoms with E-state index in [9.17, 15) is 14.4 Å². The third kappa shape index (κ3) is 3.43. The topological polar surface area (TPSA) is 87.1 Å². The number of fused-ring (bicyclic) bond motifs is 2. The molecule has 8 nitrogen and oxygen atoms in total. The lowest BCUT2D eigenvalue weighted by atomic mass is 9.90. The van der Waals surface area contributed by atoms with E-state index in [1.54, 1.807) is 30.3 Å². The van der Waals surface area contributed by atoms with Crippen molar-refractivity contribution in [2.75, 3.05) is 18.8 Å². The summed E-state index contributed by atoms with van der Waals surface area (Å²) in [6.07, 6.45) is 0.136. The van der Waals surface area contributed by atoms with Crippen molar-refractivity contribution in [1.82, 2.24) is 4.57 Å². The molecule has 3 aromatic rings. The smallest absolute Gasteiger partial charge is 0.325 e. The van der Waals surface area contributed by atoms with Gasteiger partial charge < -0.3 is 14.2 Å². The Morgan fingerprint density at radius 1 is 1.19 bits per heavy atom. The molecule has 3 heterocycles. The molecule has 2 aliphatic rings. The minimum absolute atomic E-state index is 0.136. The minimum Gasteiger partial charge on any atom is -0.468 e. The number of rotatable bonds is 4. The van der Waals surface area contributed by atoms with Crippen LogP contribution < -0.4 is 19.2 Å². The second kappa shape index (κ2) is 7.99. The van der Waals surface area contributed by atoms with E-state index in [4.69, 9.17) is 25.8 Å². The van der Waals surface area contributed by atoms with Crippen LogP contribution in [0.2, 0.25) is 5.02 Å². The number of methoxy groups -OCH3 is 1. The van der Waals surface area contributed by atoms with Crippen molar-refractivity contribution in [2.24, 2.45) is 0 Å². The maximum atomic E-state index is 13.4. The molecule has 2 aliphatic heterocycles. The molecule has 0 radical (unpaired) electrons. The number of esters is 1. The quantitative estimate of drug-likeness (QED) is 0.538. The van der Waals surface area contributed by atoms with Gasteiger partial charge in [0.25, 0.3) is 0 Å². The normalized spacial score (nSPS) is 16.8. The predicted molar refractivity (Wildman–Crippen MR) is 118 cm³/mol. The standard InChI is InChI=1S/C22H17ClN2O6S/c1-29-19(27)10-24-21-20(32-22(24)28)15(12-5-6-16-17(7-12)31-11-30-16)9-18(26)25(21)14-4-2-3-13(23)8-14/h2-8,15H,9-11H2,1H3/t15-/m1/s1. The van der Waals surface area contributed by atoms with Crippen LogP contribution in [-0.2, 0) is 20.9 Å². The Bertz CT molecular complexity index is 1300. The van der Waals surface area contributed by atoms with Gasteiger partial charge in [-0.3, -0.25) is 23.9 Å². The van der Waals surface area contributed by atoms with E-state index in [0.717, 1.165) is 16.9 Å². The summed E-state index contributed by atoms with van der Waals surface area (Å²) in [6, 6.07) is 12.3. The molecule has 1 amide bonds. The molecule has 2 aromatic carbocycles. The first kappa shape index (κ1) is 20.6. The maximum Gasteiger partial charge on any atom is 0.325 e. The number of nitrogens with zero attached hydrogens (tertiary/aromatic N) is 2. The van der Waals surface area contributed by atoms with E-state index in [0.29, 0.717) is 32.9 Å². The third-order valence-corrected chi connectivity index (χ3v) is 6.75. The molecule has 0 N–H and O–H groups in total. The van der Waals surface area contributed by atoms with Crippen LogP contribution in [-0.4, -0.2) is 30.3 Å². The number of hydrogen-bond acceptors (Lipinski definition) is 7. The summed E-state index contributed by atoms with van der Waals surface area (Å²) >= 11 is 7.18. The van der Waals surface area contributed by atoms with E-state index in [1.807, 2.05) is 12.1 Å². The van der Waals surface area contributed by atoms with Crippen LogP contribution in [0.4, 0.5) is 11.5 Å². The summed E-state index contributed by atoms with van der Waals surface area (Å²) in [5.41, 5.74) is 1.34. The molecule has 0 fully saturated rings. The van der Waals surface area contributed by atoms with Gasteiger partial charge in [0.2, 0.25) is 12.7 Å². The van der Waals surface area contributed by atoms with Crippen molar-refractivity contribution in [3.8, 4) is 11.5 Å². The van der Waals surface area contributed by atoms with E-state index >= 15 is 0 Å². The number of aromatic nitrogens is 1. The van der Waals surface area contributed by atoms with Crippen LogP contribution in [0.25, 0.3) is 0 Å². The summed E-state index contributed by atoms with van der Waals surface area (Å²) < 4.78 is 16.9. The average Bonchev–Trinajstić information content (AvgIpc) is 3.37. The monoisotopic (exact) mass is 472 g/mol. The van der Waals surface area contributed by atoms with Gasteiger partial charge in [0, 0.05) is 17.4 Å². The van der Waals surface area contributed by atoms with Crippen molar-refractivity contribution in [3.05, 3.63) is 67.6 Å². The van der Waals surface area contributed by atoms with Gasteiger partial charge >= 0.3 is 10.8 Å². The van der Waals surface area contributed by atoms with Crippen molar-refractivity contribution in [1.29, 1.82) is 0 Å². The van der Waals surface area contributed by atoms with Gasteiger partial charge in [-0.2, -0.15) is 0 Å². The number of carbonyl (C=O) groups excluding carboxylic acids is 2.